The van der Waals surface area contributed by atoms with Crippen LogP contribution in [0, 0.1) is 11.6 Å². The molecule has 0 atom stereocenters. The zero-order valence-electron chi connectivity index (χ0n) is 12.4. The van der Waals surface area contributed by atoms with Gasteiger partial charge in [0, 0.05) is 5.56 Å². The van der Waals surface area contributed by atoms with Crippen LogP contribution in [0.15, 0.2) is 30.3 Å². The van der Waals surface area contributed by atoms with Crippen LogP contribution >= 0.6 is 0 Å². The van der Waals surface area contributed by atoms with Gasteiger partial charge in [-0.05, 0) is 66.6 Å². The number of benzene rings is 2. The molecule has 0 aliphatic heterocycles. The minimum absolute atomic E-state index is 0.104. The monoisotopic (exact) mass is 304 g/mol. The summed E-state index contributed by atoms with van der Waals surface area (Å²) < 4.78 is 32.3. The predicted molar refractivity (Wildman–Crippen MR) is 80.9 cm³/mol. The first-order chi connectivity index (χ1) is 10.6. The van der Waals surface area contributed by atoms with Gasteiger partial charge in [-0.2, -0.15) is 0 Å². The zero-order chi connectivity index (χ0) is 15.7. The minimum Gasteiger partial charge on any atom is -0.493 e. The van der Waals surface area contributed by atoms with Crippen LogP contribution < -0.4 is 4.74 Å². The molecule has 22 heavy (non-hydrogen) atoms. The van der Waals surface area contributed by atoms with Crippen LogP contribution in [0.3, 0.4) is 0 Å². The van der Waals surface area contributed by atoms with Crippen LogP contribution in [-0.2, 0) is 6.61 Å². The molecule has 0 saturated heterocycles. The molecule has 0 aromatic heterocycles. The van der Waals surface area contributed by atoms with E-state index in [1.807, 2.05) is 19.1 Å². The van der Waals surface area contributed by atoms with Gasteiger partial charge in [-0.15, -0.1) is 0 Å². The molecule has 0 spiro atoms. The smallest absolute Gasteiger partial charge is 0.159 e. The second kappa shape index (κ2) is 6.05. The summed E-state index contributed by atoms with van der Waals surface area (Å²) in [6.07, 6.45) is 2.16. The number of hydrogen-bond donors (Lipinski definition) is 1. The maximum atomic E-state index is 13.6. The van der Waals surface area contributed by atoms with Gasteiger partial charge >= 0.3 is 0 Å². The molecule has 3 rings (SSSR count). The van der Waals surface area contributed by atoms with E-state index < -0.39 is 11.6 Å². The number of hydrogen-bond acceptors (Lipinski definition) is 2. The average molecular weight is 304 g/mol. The molecule has 0 radical (unpaired) electrons. The normalized spacial score (nSPS) is 14.2. The molecule has 1 aliphatic rings. The lowest BCUT2D eigenvalue weighted by Gasteiger charge is -2.16. The molecule has 0 amide bonds. The zero-order valence-corrected chi connectivity index (χ0v) is 12.4. The lowest BCUT2D eigenvalue weighted by molar-refractivity contribution is 0.267. The van der Waals surface area contributed by atoms with E-state index in [2.05, 4.69) is 0 Å². The Morgan fingerprint density at radius 2 is 1.91 bits per heavy atom. The second-order valence-corrected chi connectivity index (χ2v) is 5.54. The lowest BCUT2D eigenvalue weighted by Crippen LogP contribution is -2.00. The van der Waals surface area contributed by atoms with E-state index in [9.17, 15) is 13.9 Å². The van der Waals surface area contributed by atoms with Gasteiger partial charge in [0.2, 0.25) is 0 Å². The Balaban J connectivity index is 2.14. The Morgan fingerprint density at radius 1 is 1.14 bits per heavy atom. The summed E-state index contributed by atoms with van der Waals surface area (Å²) >= 11 is 0. The van der Waals surface area contributed by atoms with Gasteiger partial charge in [0.05, 0.1) is 13.2 Å². The van der Waals surface area contributed by atoms with Crippen molar-refractivity contribution in [3.8, 4) is 16.9 Å². The SMILES string of the molecule is CCOc1cc(-c2ccc(F)c(F)c2)c(C2CC2)cc1CO. The van der Waals surface area contributed by atoms with Crippen molar-refractivity contribution in [1.82, 2.24) is 0 Å². The van der Waals surface area contributed by atoms with E-state index in [0.717, 1.165) is 35.6 Å². The van der Waals surface area contributed by atoms with Crippen molar-refractivity contribution in [3.63, 3.8) is 0 Å². The van der Waals surface area contributed by atoms with Crippen LogP contribution in [-0.4, -0.2) is 11.7 Å². The summed E-state index contributed by atoms with van der Waals surface area (Å²) in [4.78, 5) is 0. The third-order valence-electron chi connectivity index (χ3n) is 3.95. The molecule has 116 valence electrons. The van der Waals surface area contributed by atoms with Gasteiger partial charge in [0.25, 0.3) is 0 Å². The van der Waals surface area contributed by atoms with Gasteiger partial charge < -0.3 is 9.84 Å². The highest BCUT2D eigenvalue weighted by atomic mass is 19.2. The molecule has 1 fully saturated rings. The van der Waals surface area contributed by atoms with E-state index in [0.29, 0.717) is 23.8 Å². The number of rotatable bonds is 5. The maximum absolute atomic E-state index is 13.6. The Bertz CT molecular complexity index is 694. The van der Waals surface area contributed by atoms with Gasteiger partial charge in [-0.25, -0.2) is 8.78 Å². The van der Waals surface area contributed by atoms with Crippen LogP contribution in [0.25, 0.3) is 11.1 Å². The average Bonchev–Trinajstić information content (AvgIpc) is 3.35. The van der Waals surface area contributed by atoms with Crippen molar-refractivity contribution in [1.29, 1.82) is 0 Å². The van der Waals surface area contributed by atoms with Gasteiger partial charge in [0.15, 0.2) is 11.6 Å². The Hall–Kier alpha value is -1.94. The maximum Gasteiger partial charge on any atom is 0.159 e. The summed E-state index contributed by atoms with van der Waals surface area (Å²) in [6.45, 7) is 2.24. The summed E-state index contributed by atoms with van der Waals surface area (Å²) in [7, 11) is 0. The Morgan fingerprint density at radius 3 is 2.50 bits per heavy atom. The van der Waals surface area contributed by atoms with Crippen molar-refractivity contribution in [2.45, 2.75) is 32.3 Å². The molecule has 2 nitrogen and oxygen atoms in total. The first-order valence-electron chi connectivity index (χ1n) is 7.50. The Kier molecular flexibility index (Phi) is 4.12. The molecule has 4 heteroatoms. The van der Waals surface area contributed by atoms with Gasteiger partial charge in [-0.3, -0.25) is 0 Å². The molecule has 0 bridgehead atoms. The summed E-state index contributed by atoms with van der Waals surface area (Å²) in [5.41, 5.74) is 3.28. The van der Waals surface area contributed by atoms with Crippen LogP contribution in [0.4, 0.5) is 8.78 Å². The molecule has 2 aromatic carbocycles. The predicted octanol–water partition coefficient (Wildman–Crippen LogP) is 4.40. The number of halogens is 2. The van der Waals surface area contributed by atoms with Crippen molar-refractivity contribution in [2.75, 3.05) is 6.61 Å². The summed E-state index contributed by atoms with van der Waals surface area (Å²) in [5.74, 6) is -0.699. The fourth-order valence-electron chi connectivity index (χ4n) is 2.70. The first kappa shape index (κ1) is 15.0. The number of aliphatic hydroxyl groups is 1. The highest BCUT2D eigenvalue weighted by molar-refractivity contribution is 5.71. The van der Waals surface area contributed by atoms with E-state index in [4.69, 9.17) is 4.74 Å². The van der Waals surface area contributed by atoms with Crippen molar-refractivity contribution >= 4 is 0 Å². The van der Waals surface area contributed by atoms with Crippen LogP contribution in [0.1, 0.15) is 36.8 Å². The largest absolute Gasteiger partial charge is 0.493 e. The molecular formula is C18H18F2O2. The molecular weight excluding hydrogens is 286 g/mol. The summed E-state index contributed by atoms with van der Waals surface area (Å²) in [6, 6.07) is 7.69. The quantitative estimate of drug-likeness (QED) is 0.887. The van der Waals surface area contributed by atoms with E-state index in [1.165, 1.54) is 6.07 Å². The number of aliphatic hydroxyl groups excluding tert-OH is 1. The Labute approximate surface area is 128 Å². The van der Waals surface area contributed by atoms with Gasteiger partial charge in [0.1, 0.15) is 5.75 Å². The van der Waals surface area contributed by atoms with Crippen molar-refractivity contribution in [2.24, 2.45) is 0 Å². The number of ether oxygens (including phenoxy) is 1. The fraction of sp³-hybridized carbons (Fsp3) is 0.333. The molecule has 2 aromatic rings. The molecule has 1 N–H and O–H groups in total. The third kappa shape index (κ3) is 2.83. The molecule has 1 aliphatic carbocycles. The van der Waals surface area contributed by atoms with Crippen molar-refractivity contribution < 1.29 is 18.6 Å². The summed E-state index contributed by atoms with van der Waals surface area (Å²) in [5, 5.41) is 9.52. The standard InChI is InChI=1S/C18H18F2O2/c1-2-22-18-9-15(12-5-6-16(19)17(20)8-12)14(11-3-4-11)7-13(18)10-21/h5-9,11,21H,2-4,10H2,1H3. The molecule has 1 saturated carbocycles. The second-order valence-electron chi connectivity index (χ2n) is 5.54. The highest BCUT2D eigenvalue weighted by Gasteiger charge is 2.28. The van der Waals surface area contributed by atoms with Crippen LogP contribution in [0.2, 0.25) is 0 Å². The molecule has 0 unspecified atom stereocenters. The van der Waals surface area contributed by atoms with Gasteiger partial charge in [-0.1, -0.05) is 6.07 Å². The lowest BCUT2D eigenvalue weighted by atomic mass is 9.94. The first-order valence-corrected chi connectivity index (χ1v) is 7.50. The van der Waals surface area contributed by atoms with E-state index in [1.54, 1.807) is 6.07 Å². The highest BCUT2D eigenvalue weighted by Crippen LogP contribution is 2.46. The van der Waals surface area contributed by atoms with Crippen LogP contribution in [0.5, 0.6) is 5.75 Å². The minimum atomic E-state index is -0.858. The van der Waals surface area contributed by atoms with E-state index in [-0.39, 0.29) is 6.61 Å². The van der Waals surface area contributed by atoms with E-state index >= 15 is 0 Å². The van der Waals surface area contributed by atoms with Crippen molar-refractivity contribution in [3.05, 3.63) is 53.1 Å². The third-order valence-corrected chi connectivity index (χ3v) is 3.95. The fourth-order valence-corrected chi connectivity index (χ4v) is 2.70. The topological polar surface area (TPSA) is 29.5 Å². The molecule has 0 heterocycles.